The van der Waals surface area contributed by atoms with E-state index >= 15 is 0 Å². The number of hydrogen-bond acceptors (Lipinski definition) is 5. The Morgan fingerprint density at radius 1 is 0.378 bits per heavy atom. The van der Waals surface area contributed by atoms with Crippen molar-refractivity contribution >= 4 is 10.1 Å². The van der Waals surface area contributed by atoms with Crippen molar-refractivity contribution in [3.63, 3.8) is 0 Å². The summed E-state index contributed by atoms with van der Waals surface area (Å²) in [6, 6.07) is 0. The molecule has 6 heteroatoms. The fourth-order valence-corrected chi connectivity index (χ4v) is 6.67. The second-order valence-electron chi connectivity index (χ2n) is 13.9. The summed E-state index contributed by atoms with van der Waals surface area (Å²) in [5, 5.41) is -1.10. The fraction of sp³-hybridized carbons (Fsp3) is 1.00. The van der Waals surface area contributed by atoms with Gasteiger partial charge in [-0.2, -0.15) is 0 Å². The average Bonchev–Trinajstić information content (AvgIpc) is 3.02. The van der Waals surface area contributed by atoms with Gasteiger partial charge in [0, 0.05) is 13.2 Å². The molecule has 45 heavy (non-hydrogen) atoms. The molecule has 0 rings (SSSR count). The van der Waals surface area contributed by atoms with Crippen molar-refractivity contribution in [2.24, 2.45) is 0 Å². The first-order valence-electron chi connectivity index (χ1n) is 20.1. The van der Waals surface area contributed by atoms with Crippen LogP contribution < -0.4 is 0 Å². The second-order valence-corrected chi connectivity index (χ2v) is 15.5. The molecule has 0 saturated heterocycles. The molecule has 0 amide bonds. The molecular weight excluding hydrogens is 580 g/mol. The molecular formula is C39H79O5S-. The van der Waals surface area contributed by atoms with E-state index in [-0.39, 0.29) is 13.2 Å². The largest absolute Gasteiger partial charge is 0.748 e. The molecule has 0 fully saturated rings. The SMILES string of the molecule is CCCCCCCCCCCCCCCCCCOCC(COCCCCCCCCCCCCCCCCCC)S(=O)(=O)[O-]. The van der Waals surface area contributed by atoms with Crippen LogP contribution in [-0.4, -0.2) is 44.6 Å². The van der Waals surface area contributed by atoms with Gasteiger partial charge in [-0.15, -0.1) is 0 Å². The van der Waals surface area contributed by atoms with E-state index in [1.54, 1.807) is 0 Å². The summed E-state index contributed by atoms with van der Waals surface area (Å²) in [5.41, 5.74) is 0. The summed E-state index contributed by atoms with van der Waals surface area (Å²) in [6.45, 7) is 5.48. The predicted octanol–water partition coefficient (Wildman–Crippen LogP) is 12.5. The van der Waals surface area contributed by atoms with Gasteiger partial charge in [-0.05, 0) is 12.8 Å². The summed E-state index contributed by atoms with van der Waals surface area (Å²) in [7, 11) is -4.41. The molecule has 0 atom stereocenters. The van der Waals surface area contributed by atoms with E-state index in [4.69, 9.17) is 9.47 Å². The minimum Gasteiger partial charge on any atom is -0.748 e. The van der Waals surface area contributed by atoms with Crippen LogP contribution in [0.2, 0.25) is 0 Å². The predicted molar refractivity (Wildman–Crippen MR) is 194 cm³/mol. The van der Waals surface area contributed by atoms with Gasteiger partial charge in [0.25, 0.3) is 0 Å². The molecule has 0 aromatic heterocycles. The van der Waals surface area contributed by atoms with E-state index in [1.807, 2.05) is 0 Å². The molecule has 0 aliphatic heterocycles. The minimum absolute atomic E-state index is 0.0521. The van der Waals surface area contributed by atoms with Gasteiger partial charge in [-0.25, -0.2) is 8.42 Å². The number of rotatable bonds is 39. The number of ether oxygens (including phenoxy) is 2. The molecule has 0 heterocycles. The highest BCUT2D eigenvalue weighted by molar-refractivity contribution is 7.86. The first kappa shape index (κ1) is 44.8. The highest BCUT2D eigenvalue weighted by Gasteiger charge is 2.17. The van der Waals surface area contributed by atoms with Crippen LogP contribution in [0.15, 0.2) is 0 Å². The summed E-state index contributed by atoms with van der Waals surface area (Å²) in [6.07, 6.45) is 42.2. The molecule has 0 aliphatic rings. The Morgan fingerprint density at radius 3 is 0.778 bits per heavy atom. The average molecular weight is 660 g/mol. The van der Waals surface area contributed by atoms with Crippen LogP contribution in [0.4, 0.5) is 0 Å². The zero-order valence-electron chi connectivity index (χ0n) is 30.5. The van der Waals surface area contributed by atoms with Gasteiger partial charge in [0.1, 0.15) is 10.1 Å². The first-order chi connectivity index (χ1) is 22.0. The maximum Gasteiger partial charge on any atom is 0.102 e. The van der Waals surface area contributed by atoms with Gasteiger partial charge in [0.05, 0.1) is 18.5 Å². The summed E-state index contributed by atoms with van der Waals surface area (Å²) in [5.74, 6) is 0. The van der Waals surface area contributed by atoms with Crippen molar-refractivity contribution in [1.82, 2.24) is 0 Å². The maximum absolute atomic E-state index is 11.6. The fourth-order valence-electron chi connectivity index (χ4n) is 6.15. The van der Waals surface area contributed by atoms with Crippen LogP contribution in [0.3, 0.4) is 0 Å². The Hall–Kier alpha value is -0.170. The van der Waals surface area contributed by atoms with Crippen molar-refractivity contribution in [1.29, 1.82) is 0 Å². The first-order valence-corrected chi connectivity index (χ1v) is 21.6. The molecule has 0 aromatic carbocycles. The molecule has 0 bridgehead atoms. The van der Waals surface area contributed by atoms with E-state index < -0.39 is 15.4 Å². The molecule has 0 saturated carbocycles. The Bertz CT molecular complexity index is 614. The summed E-state index contributed by atoms with van der Waals surface area (Å²) in [4.78, 5) is 0. The van der Waals surface area contributed by atoms with Gasteiger partial charge in [-0.3, -0.25) is 0 Å². The Kier molecular flexibility index (Phi) is 36.5. The lowest BCUT2D eigenvalue weighted by molar-refractivity contribution is 0.0797. The quantitative estimate of drug-likeness (QED) is 0.0485. The van der Waals surface area contributed by atoms with Crippen molar-refractivity contribution in [3.8, 4) is 0 Å². The van der Waals surface area contributed by atoms with Crippen LogP contribution >= 0.6 is 0 Å². The lowest BCUT2D eigenvalue weighted by Gasteiger charge is -2.20. The van der Waals surface area contributed by atoms with E-state index in [0.29, 0.717) is 13.2 Å². The number of unbranched alkanes of at least 4 members (excludes halogenated alkanes) is 30. The van der Waals surface area contributed by atoms with Crippen LogP contribution in [0, 0.1) is 0 Å². The van der Waals surface area contributed by atoms with E-state index in [9.17, 15) is 13.0 Å². The third kappa shape index (κ3) is 36.5. The molecule has 0 aromatic rings. The van der Waals surface area contributed by atoms with Crippen LogP contribution in [-0.2, 0) is 19.6 Å². The molecule has 0 unspecified atom stereocenters. The zero-order valence-corrected chi connectivity index (χ0v) is 31.3. The zero-order chi connectivity index (χ0) is 32.9. The number of hydrogen-bond donors (Lipinski definition) is 0. The third-order valence-corrected chi connectivity index (χ3v) is 10.4. The third-order valence-electron chi connectivity index (χ3n) is 9.30. The molecule has 0 radical (unpaired) electrons. The molecule has 272 valence electrons. The highest BCUT2D eigenvalue weighted by atomic mass is 32.2. The van der Waals surface area contributed by atoms with Crippen molar-refractivity contribution < 1.29 is 22.4 Å². The van der Waals surface area contributed by atoms with E-state index in [0.717, 1.165) is 25.7 Å². The van der Waals surface area contributed by atoms with Crippen LogP contribution in [0.5, 0.6) is 0 Å². The minimum atomic E-state index is -4.41. The maximum atomic E-state index is 11.6. The van der Waals surface area contributed by atoms with Crippen molar-refractivity contribution in [2.75, 3.05) is 26.4 Å². The molecule has 0 N–H and O–H groups in total. The van der Waals surface area contributed by atoms with Crippen LogP contribution in [0.1, 0.15) is 219 Å². The monoisotopic (exact) mass is 660 g/mol. The van der Waals surface area contributed by atoms with Gasteiger partial charge in [0.2, 0.25) is 0 Å². The summed E-state index contributed by atoms with van der Waals surface area (Å²) >= 11 is 0. The molecule has 0 spiro atoms. The van der Waals surface area contributed by atoms with Crippen LogP contribution in [0.25, 0.3) is 0 Å². The van der Waals surface area contributed by atoms with Gasteiger partial charge < -0.3 is 14.0 Å². The standard InChI is InChI=1S/C39H80O5S/c1-3-5-7-9-11-13-15-17-19-21-23-25-27-29-31-33-35-43-37-39(45(40,41)42)38-44-36-34-32-30-28-26-24-22-20-18-16-14-12-10-8-6-4-2/h39H,3-38H2,1-2H3,(H,40,41,42)/p-1. The lowest BCUT2D eigenvalue weighted by Crippen LogP contribution is -2.31. The molecule has 0 aliphatic carbocycles. The summed E-state index contributed by atoms with van der Waals surface area (Å²) < 4.78 is 46.1. The smallest absolute Gasteiger partial charge is 0.102 e. The van der Waals surface area contributed by atoms with Gasteiger partial charge in [0.15, 0.2) is 0 Å². The van der Waals surface area contributed by atoms with Gasteiger partial charge in [-0.1, -0.05) is 206 Å². The Balaban J connectivity index is 3.47. The highest BCUT2D eigenvalue weighted by Crippen LogP contribution is 2.15. The van der Waals surface area contributed by atoms with E-state index in [1.165, 1.54) is 180 Å². The van der Waals surface area contributed by atoms with Crippen molar-refractivity contribution in [3.05, 3.63) is 0 Å². The Morgan fingerprint density at radius 2 is 0.578 bits per heavy atom. The lowest BCUT2D eigenvalue weighted by atomic mass is 10.0. The van der Waals surface area contributed by atoms with Gasteiger partial charge >= 0.3 is 0 Å². The van der Waals surface area contributed by atoms with Crippen molar-refractivity contribution in [2.45, 2.75) is 225 Å². The Labute approximate surface area is 282 Å². The molecule has 5 nitrogen and oxygen atoms in total. The second kappa shape index (κ2) is 36.7. The normalized spacial score (nSPS) is 12.1. The topological polar surface area (TPSA) is 75.7 Å². The van der Waals surface area contributed by atoms with E-state index in [2.05, 4.69) is 13.8 Å².